The minimum absolute atomic E-state index is 0.0124. The second kappa shape index (κ2) is 7.81. The number of nitrogens with zero attached hydrogens (tertiary/aromatic N) is 1. The fourth-order valence-corrected chi connectivity index (χ4v) is 2.67. The van der Waals surface area contributed by atoms with Crippen molar-refractivity contribution in [3.63, 3.8) is 0 Å². The van der Waals surface area contributed by atoms with Crippen LogP contribution in [0.2, 0.25) is 0 Å². The Labute approximate surface area is 127 Å². The molecule has 2 heterocycles. The number of ether oxygens (including phenoxy) is 2. The maximum atomic E-state index is 12.3. The Morgan fingerprint density at radius 1 is 1.45 bits per heavy atom. The van der Waals surface area contributed by atoms with E-state index in [1.54, 1.807) is 6.07 Å². The average molecular weight is 346 g/mol. The van der Waals surface area contributed by atoms with Crippen molar-refractivity contribution in [2.75, 3.05) is 32.9 Å². The van der Waals surface area contributed by atoms with E-state index in [4.69, 9.17) is 13.9 Å². The number of furan rings is 1. The zero-order chi connectivity index (χ0) is 14.4. The van der Waals surface area contributed by atoms with E-state index in [-0.39, 0.29) is 12.0 Å². The highest BCUT2D eigenvalue weighted by Gasteiger charge is 2.25. The van der Waals surface area contributed by atoms with Gasteiger partial charge < -0.3 is 18.8 Å². The third-order valence-corrected chi connectivity index (χ3v) is 3.98. The summed E-state index contributed by atoms with van der Waals surface area (Å²) in [7, 11) is 0. The summed E-state index contributed by atoms with van der Waals surface area (Å²) in [5.41, 5.74) is 0.584. The lowest BCUT2D eigenvalue weighted by Crippen LogP contribution is -2.41. The summed E-state index contributed by atoms with van der Waals surface area (Å²) in [6.07, 6.45) is 3.48. The number of hydrogen-bond acceptors (Lipinski definition) is 4. The van der Waals surface area contributed by atoms with Crippen molar-refractivity contribution < 1.29 is 18.7 Å². The second-order valence-electron chi connectivity index (χ2n) is 4.67. The van der Waals surface area contributed by atoms with Gasteiger partial charge in [0.1, 0.15) is 0 Å². The standard InChI is InChI=1S/C14H20BrNO4/c1-2-18-9-10-19-11-3-6-16(7-4-11)14(17)12-5-8-20-13(12)15/h5,8,11H,2-4,6-7,9-10H2,1H3. The molecule has 1 aromatic heterocycles. The van der Waals surface area contributed by atoms with Crippen molar-refractivity contribution in [2.24, 2.45) is 0 Å². The number of carbonyl (C=O) groups is 1. The van der Waals surface area contributed by atoms with Crippen LogP contribution in [0.5, 0.6) is 0 Å². The Morgan fingerprint density at radius 2 is 2.20 bits per heavy atom. The molecule has 20 heavy (non-hydrogen) atoms. The van der Waals surface area contributed by atoms with Crippen LogP contribution in [0.1, 0.15) is 30.1 Å². The summed E-state index contributed by atoms with van der Waals surface area (Å²) in [6.45, 7) is 5.39. The Morgan fingerprint density at radius 3 is 2.80 bits per heavy atom. The molecule has 0 radical (unpaired) electrons. The Hall–Kier alpha value is -0.850. The number of piperidine rings is 1. The first-order valence-electron chi connectivity index (χ1n) is 6.94. The minimum Gasteiger partial charge on any atom is -0.457 e. The van der Waals surface area contributed by atoms with Crippen LogP contribution in [-0.4, -0.2) is 49.8 Å². The molecule has 0 unspecified atom stereocenters. The molecule has 0 saturated carbocycles. The number of rotatable bonds is 6. The van der Waals surface area contributed by atoms with Crippen molar-refractivity contribution in [1.82, 2.24) is 4.90 Å². The van der Waals surface area contributed by atoms with Gasteiger partial charge >= 0.3 is 0 Å². The monoisotopic (exact) mass is 345 g/mol. The van der Waals surface area contributed by atoms with Gasteiger partial charge in [0.05, 0.1) is 31.1 Å². The molecule has 1 aliphatic heterocycles. The smallest absolute Gasteiger partial charge is 0.258 e. The number of hydrogen-bond donors (Lipinski definition) is 0. The van der Waals surface area contributed by atoms with Crippen molar-refractivity contribution >= 4 is 21.8 Å². The van der Waals surface area contributed by atoms with E-state index in [1.807, 2.05) is 11.8 Å². The predicted octanol–water partition coefficient (Wildman–Crippen LogP) is 2.70. The second-order valence-corrected chi connectivity index (χ2v) is 5.39. The lowest BCUT2D eigenvalue weighted by molar-refractivity contribution is -0.0183. The Kier molecular flexibility index (Phi) is 6.06. The molecule has 112 valence electrons. The van der Waals surface area contributed by atoms with E-state index in [2.05, 4.69) is 15.9 Å². The fourth-order valence-electron chi connectivity index (χ4n) is 2.26. The van der Waals surface area contributed by atoms with Gasteiger partial charge in [-0.3, -0.25) is 4.79 Å². The van der Waals surface area contributed by atoms with Crippen LogP contribution >= 0.6 is 15.9 Å². The van der Waals surface area contributed by atoms with Crippen molar-refractivity contribution in [3.8, 4) is 0 Å². The highest BCUT2D eigenvalue weighted by Crippen LogP contribution is 2.22. The molecule has 1 aromatic rings. The molecule has 1 aliphatic rings. The Balaban J connectivity index is 1.74. The van der Waals surface area contributed by atoms with Crippen LogP contribution < -0.4 is 0 Å². The molecule has 1 saturated heterocycles. The van der Waals surface area contributed by atoms with Gasteiger partial charge in [-0.15, -0.1) is 0 Å². The van der Waals surface area contributed by atoms with Crippen LogP contribution in [0.3, 0.4) is 0 Å². The van der Waals surface area contributed by atoms with Crippen LogP contribution in [0.25, 0.3) is 0 Å². The van der Waals surface area contributed by atoms with E-state index < -0.39 is 0 Å². The molecule has 6 heteroatoms. The first-order chi connectivity index (χ1) is 9.72. The summed E-state index contributed by atoms with van der Waals surface area (Å²) in [5, 5.41) is 0. The zero-order valence-electron chi connectivity index (χ0n) is 11.6. The highest BCUT2D eigenvalue weighted by molar-refractivity contribution is 9.10. The molecule has 0 aromatic carbocycles. The van der Waals surface area contributed by atoms with Gasteiger partial charge in [-0.05, 0) is 41.8 Å². The maximum absolute atomic E-state index is 12.3. The first kappa shape index (κ1) is 15.5. The van der Waals surface area contributed by atoms with E-state index in [0.717, 1.165) is 32.5 Å². The van der Waals surface area contributed by atoms with Gasteiger partial charge in [0.25, 0.3) is 5.91 Å². The lowest BCUT2D eigenvalue weighted by Gasteiger charge is -2.31. The van der Waals surface area contributed by atoms with Gasteiger partial charge in [0, 0.05) is 19.7 Å². The summed E-state index contributed by atoms with van der Waals surface area (Å²) in [5.74, 6) is 0.0124. The van der Waals surface area contributed by atoms with Crippen LogP contribution in [0.4, 0.5) is 0 Å². The summed E-state index contributed by atoms with van der Waals surface area (Å²) < 4.78 is 16.6. The van der Waals surface area contributed by atoms with E-state index in [9.17, 15) is 4.79 Å². The molecule has 0 spiro atoms. The molecule has 2 rings (SSSR count). The number of halogens is 1. The molecule has 1 fully saturated rings. The van der Waals surface area contributed by atoms with Crippen LogP contribution in [0.15, 0.2) is 21.4 Å². The Bertz CT molecular complexity index is 427. The molecular formula is C14H20BrNO4. The summed E-state index contributed by atoms with van der Waals surface area (Å²) in [4.78, 5) is 14.1. The molecule has 0 N–H and O–H groups in total. The van der Waals surface area contributed by atoms with Crippen molar-refractivity contribution in [2.45, 2.75) is 25.9 Å². The highest BCUT2D eigenvalue weighted by atomic mass is 79.9. The normalized spacial score (nSPS) is 16.6. The number of likely N-dealkylation sites (tertiary alicyclic amines) is 1. The van der Waals surface area contributed by atoms with Crippen LogP contribution in [-0.2, 0) is 9.47 Å². The van der Waals surface area contributed by atoms with Gasteiger partial charge in [0.15, 0.2) is 4.67 Å². The van der Waals surface area contributed by atoms with Gasteiger partial charge in [-0.1, -0.05) is 0 Å². The molecular weight excluding hydrogens is 326 g/mol. The average Bonchev–Trinajstić information content (AvgIpc) is 2.90. The quantitative estimate of drug-likeness (QED) is 0.744. The molecule has 5 nitrogen and oxygen atoms in total. The summed E-state index contributed by atoms with van der Waals surface area (Å²) >= 11 is 3.24. The maximum Gasteiger partial charge on any atom is 0.258 e. The third kappa shape index (κ3) is 4.07. The van der Waals surface area contributed by atoms with Crippen molar-refractivity contribution in [3.05, 3.63) is 22.6 Å². The molecule has 0 atom stereocenters. The lowest BCUT2D eigenvalue weighted by atomic mass is 10.1. The first-order valence-corrected chi connectivity index (χ1v) is 7.73. The van der Waals surface area contributed by atoms with E-state index in [0.29, 0.717) is 23.4 Å². The zero-order valence-corrected chi connectivity index (χ0v) is 13.2. The number of amides is 1. The molecule has 0 aliphatic carbocycles. The van der Waals surface area contributed by atoms with E-state index >= 15 is 0 Å². The van der Waals surface area contributed by atoms with Gasteiger partial charge in [-0.25, -0.2) is 0 Å². The summed E-state index contributed by atoms with van der Waals surface area (Å²) in [6, 6.07) is 1.69. The molecule has 1 amide bonds. The largest absolute Gasteiger partial charge is 0.457 e. The van der Waals surface area contributed by atoms with Crippen molar-refractivity contribution in [1.29, 1.82) is 0 Å². The minimum atomic E-state index is 0.0124. The SMILES string of the molecule is CCOCCOC1CCN(C(=O)c2ccoc2Br)CC1. The predicted molar refractivity (Wildman–Crippen MR) is 77.8 cm³/mol. The fraction of sp³-hybridized carbons (Fsp3) is 0.643. The topological polar surface area (TPSA) is 51.9 Å². The third-order valence-electron chi connectivity index (χ3n) is 3.36. The number of carbonyl (C=O) groups excluding carboxylic acids is 1. The van der Waals surface area contributed by atoms with Crippen LogP contribution in [0, 0.1) is 0 Å². The molecule has 0 bridgehead atoms. The van der Waals surface area contributed by atoms with Gasteiger partial charge in [0.2, 0.25) is 0 Å². The van der Waals surface area contributed by atoms with Gasteiger partial charge in [-0.2, -0.15) is 0 Å². The van der Waals surface area contributed by atoms with E-state index in [1.165, 1.54) is 6.26 Å².